The zero-order valence-electron chi connectivity index (χ0n) is 13.4. The highest BCUT2D eigenvalue weighted by Gasteiger charge is 2.06. The van der Waals surface area contributed by atoms with E-state index in [1.807, 2.05) is 30.3 Å². The van der Waals surface area contributed by atoms with Gasteiger partial charge in [0.15, 0.2) is 6.61 Å². The van der Waals surface area contributed by atoms with Gasteiger partial charge >= 0.3 is 5.97 Å². The third kappa shape index (κ3) is 4.84. The quantitative estimate of drug-likeness (QED) is 0.677. The summed E-state index contributed by atoms with van der Waals surface area (Å²) in [5.41, 5.74) is 1.76. The summed E-state index contributed by atoms with van der Waals surface area (Å²) in [4.78, 5) is 14.9. The lowest BCUT2D eigenvalue weighted by molar-refractivity contribution is -0.139. The molecule has 1 aromatic heterocycles. The maximum Gasteiger partial charge on any atom is 0.341 e. The fourth-order valence-corrected chi connectivity index (χ4v) is 2.19. The molecule has 1 N–H and O–H groups in total. The first-order chi connectivity index (χ1) is 12.2. The first kappa shape index (κ1) is 16.6. The van der Waals surface area contributed by atoms with E-state index in [2.05, 4.69) is 4.98 Å². The lowest BCUT2D eigenvalue weighted by Crippen LogP contribution is -2.09. The van der Waals surface area contributed by atoms with Gasteiger partial charge in [0.2, 0.25) is 5.89 Å². The minimum absolute atomic E-state index is 0.365. The second kappa shape index (κ2) is 8.01. The van der Waals surface area contributed by atoms with Gasteiger partial charge in [-0.05, 0) is 36.4 Å². The summed E-state index contributed by atoms with van der Waals surface area (Å²) in [6.07, 6.45) is 2.25. The van der Waals surface area contributed by atoms with E-state index in [0.29, 0.717) is 30.4 Å². The zero-order chi connectivity index (χ0) is 17.5. The van der Waals surface area contributed by atoms with E-state index in [-0.39, 0.29) is 6.61 Å². The van der Waals surface area contributed by atoms with Crippen LogP contribution in [0.15, 0.2) is 65.3 Å². The summed E-state index contributed by atoms with van der Waals surface area (Å²) in [6, 6.07) is 16.5. The van der Waals surface area contributed by atoms with Gasteiger partial charge in [-0.3, -0.25) is 0 Å². The van der Waals surface area contributed by atoms with E-state index in [0.717, 1.165) is 11.3 Å². The molecule has 0 aliphatic rings. The number of oxazole rings is 1. The summed E-state index contributed by atoms with van der Waals surface area (Å²) in [6.45, 7) is 0.0895. The molecule has 3 rings (SSSR count). The molecular formula is C19H17NO5. The topological polar surface area (TPSA) is 81.8 Å². The maximum absolute atomic E-state index is 10.4. The van der Waals surface area contributed by atoms with E-state index in [4.69, 9.17) is 19.0 Å². The molecule has 0 fully saturated rings. The van der Waals surface area contributed by atoms with Crippen molar-refractivity contribution in [1.29, 1.82) is 0 Å². The molecule has 0 aliphatic carbocycles. The Morgan fingerprint density at radius 2 is 1.68 bits per heavy atom. The number of aromatic nitrogens is 1. The van der Waals surface area contributed by atoms with Crippen LogP contribution >= 0.6 is 0 Å². The van der Waals surface area contributed by atoms with Crippen LogP contribution in [0.3, 0.4) is 0 Å². The van der Waals surface area contributed by atoms with Crippen molar-refractivity contribution >= 4 is 5.97 Å². The molecule has 0 saturated carbocycles. The molecule has 6 heteroatoms. The van der Waals surface area contributed by atoms with Crippen molar-refractivity contribution in [2.24, 2.45) is 0 Å². The first-order valence-corrected chi connectivity index (χ1v) is 7.78. The largest absolute Gasteiger partial charge is 0.493 e. The van der Waals surface area contributed by atoms with Gasteiger partial charge in [-0.15, -0.1) is 0 Å². The number of ether oxygens (including phenoxy) is 2. The normalized spacial score (nSPS) is 10.4. The summed E-state index contributed by atoms with van der Waals surface area (Å²) < 4.78 is 16.2. The maximum atomic E-state index is 10.4. The molecule has 0 aliphatic heterocycles. The Hall–Kier alpha value is -3.28. The van der Waals surface area contributed by atoms with Gasteiger partial charge in [0.05, 0.1) is 12.3 Å². The molecule has 0 radical (unpaired) electrons. The average Bonchev–Trinajstić information content (AvgIpc) is 3.11. The van der Waals surface area contributed by atoms with Gasteiger partial charge in [0.1, 0.15) is 17.8 Å². The Bertz CT molecular complexity index is 811. The van der Waals surface area contributed by atoms with Crippen molar-refractivity contribution in [2.75, 3.05) is 13.2 Å². The number of carboxylic acids is 1. The molecule has 0 bridgehead atoms. The van der Waals surface area contributed by atoms with Gasteiger partial charge in [-0.1, -0.05) is 18.2 Å². The zero-order valence-corrected chi connectivity index (χ0v) is 13.4. The number of nitrogens with zero attached hydrogens (tertiary/aromatic N) is 1. The molecule has 3 aromatic rings. The fourth-order valence-electron chi connectivity index (χ4n) is 2.19. The van der Waals surface area contributed by atoms with Gasteiger partial charge in [0, 0.05) is 12.0 Å². The van der Waals surface area contributed by atoms with Crippen molar-refractivity contribution < 1.29 is 23.8 Å². The predicted octanol–water partition coefficient (Wildman–Crippen LogP) is 3.43. The summed E-state index contributed by atoms with van der Waals surface area (Å²) in [5, 5.41) is 8.56. The van der Waals surface area contributed by atoms with Crippen LogP contribution in [0.4, 0.5) is 0 Å². The number of carbonyl (C=O) groups is 1. The number of carboxylic acid groups (broad SMARTS) is 1. The Labute approximate surface area is 144 Å². The van der Waals surface area contributed by atoms with Crippen LogP contribution in [0.25, 0.3) is 11.5 Å². The van der Waals surface area contributed by atoms with E-state index in [1.54, 1.807) is 30.5 Å². The summed E-state index contributed by atoms with van der Waals surface area (Å²) >= 11 is 0. The molecule has 128 valence electrons. The SMILES string of the molecule is O=C(O)COc1ccc(OCCc2coc(-c3ccccc3)n2)cc1. The Balaban J connectivity index is 1.48. The van der Waals surface area contributed by atoms with Crippen LogP contribution < -0.4 is 9.47 Å². The number of benzene rings is 2. The van der Waals surface area contributed by atoms with Crippen molar-refractivity contribution in [2.45, 2.75) is 6.42 Å². The predicted molar refractivity (Wildman–Crippen MR) is 90.7 cm³/mol. The highest BCUT2D eigenvalue weighted by Crippen LogP contribution is 2.19. The molecule has 0 atom stereocenters. The highest BCUT2D eigenvalue weighted by atomic mass is 16.5. The van der Waals surface area contributed by atoms with Gasteiger partial charge < -0.3 is 19.0 Å². The van der Waals surface area contributed by atoms with Crippen LogP contribution in [0.1, 0.15) is 5.69 Å². The lowest BCUT2D eigenvalue weighted by atomic mass is 10.2. The number of hydrogen-bond acceptors (Lipinski definition) is 5. The van der Waals surface area contributed by atoms with Crippen LogP contribution in [0.5, 0.6) is 11.5 Å². The number of hydrogen-bond donors (Lipinski definition) is 1. The standard InChI is InChI=1S/C19H17NO5/c21-18(22)13-24-17-8-6-16(7-9-17)23-11-10-15-12-25-19(20-15)14-4-2-1-3-5-14/h1-9,12H,10-11,13H2,(H,21,22). The molecule has 1 heterocycles. The average molecular weight is 339 g/mol. The van der Waals surface area contributed by atoms with Crippen molar-refractivity contribution in [3.8, 4) is 23.0 Å². The molecule has 0 unspecified atom stereocenters. The molecular weight excluding hydrogens is 322 g/mol. The van der Waals surface area contributed by atoms with E-state index >= 15 is 0 Å². The molecule has 25 heavy (non-hydrogen) atoms. The third-order valence-corrected chi connectivity index (χ3v) is 3.39. The summed E-state index contributed by atoms with van der Waals surface area (Å²) in [7, 11) is 0. The third-order valence-electron chi connectivity index (χ3n) is 3.39. The molecule has 0 spiro atoms. The van der Waals surface area contributed by atoms with Crippen LogP contribution in [-0.2, 0) is 11.2 Å². The minimum Gasteiger partial charge on any atom is -0.493 e. The van der Waals surface area contributed by atoms with Crippen LogP contribution in [-0.4, -0.2) is 29.3 Å². The number of rotatable bonds is 8. The second-order valence-corrected chi connectivity index (χ2v) is 5.26. The van der Waals surface area contributed by atoms with Crippen LogP contribution in [0, 0.1) is 0 Å². The monoisotopic (exact) mass is 339 g/mol. The molecule has 0 saturated heterocycles. The Morgan fingerprint density at radius 1 is 1.00 bits per heavy atom. The fraction of sp³-hybridized carbons (Fsp3) is 0.158. The Kier molecular flexibility index (Phi) is 5.31. The second-order valence-electron chi connectivity index (χ2n) is 5.26. The van der Waals surface area contributed by atoms with E-state index in [9.17, 15) is 4.79 Å². The molecule has 2 aromatic carbocycles. The lowest BCUT2D eigenvalue weighted by Gasteiger charge is -2.06. The van der Waals surface area contributed by atoms with E-state index < -0.39 is 5.97 Å². The van der Waals surface area contributed by atoms with Crippen molar-refractivity contribution in [3.05, 3.63) is 66.6 Å². The summed E-state index contributed by atoms with van der Waals surface area (Å²) in [5.74, 6) is 0.742. The molecule has 0 amide bonds. The molecule has 6 nitrogen and oxygen atoms in total. The van der Waals surface area contributed by atoms with E-state index in [1.165, 1.54) is 0 Å². The van der Waals surface area contributed by atoms with Crippen LogP contribution in [0.2, 0.25) is 0 Å². The number of aliphatic carboxylic acids is 1. The van der Waals surface area contributed by atoms with Crippen molar-refractivity contribution in [3.63, 3.8) is 0 Å². The highest BCUT2D eigenvalue weighted by molar-refractivity contribution is 5.68. The van der Waals surface area contributed by atoms with Gasteiger partial charge in [-0.2, -0.15) is 0 Å². The van der Waals surface area contributed by atoms with Gasteiger partial charge in [-0.25, -0.2) is 9.78 Å². The minimum atomic E-state index is -1.01. The first-order valence-electron chi connectivity index (χ1n) is 7.78. The Morgan fingerprint density at radius 3 is 2.36 bits per heavy atom. The smallest absolute Gasteiger partial charge is 0.341 e. The van der Waals surface area contributed by atoms with Crippen molar-refractivity contribution in [1.82, 2.24) is 4.98 Å². The van der Waals surface area contributed by atoms with Gasteiger partial charge in [0.25, 0.3) is 0 Å².